The Balaban J connectivity index is 2.12. The van der Waals surface area contributed by atoms with Crippen molar-refractivity contribution in [3.63, 3.8) is 0 Å². The molecular formula is C20H23NO5. The first-order valence-electron chi connectivity index (χ1n) is 8.44. The van der Waals surface area contributed by atoms with Crippen molar-refractivity contribution in [2.75, 3.05) is 6.61 Å². The van der Waals surface area contributed by atoms with Crippen LogP contribution < -0.4 is 4.74 Å². The van der Waals surface area contributed by atoms with Crippen molar-refractivity contribution in [3.8, 4) is 5.75 Å². The van der Waals surface area contributed by atoms with Gasteiger partial charge in [-0.15, -0.1) is 0 Å². The lowest BCUT2D eigenvalue weighted by Crippen LogP contribution is -2.25. The van der Waals surface area contributed by atoms with Crippen LogP contribution in [0.15, 0.2) is 24.3 Å². The molecule has 1 aromatic heterocycles. The smallest absolute Gasteiger partial charge is 0.355 e. The first kappa shape index (κ1) is 19.4. The molecule has 0 fully saturated rings. The maximum Gasteiger partial charge on any atom is 0.355 e. The summed E-state index contributed by atoms with van der Waals surface area (Å²) in [5, 5.41) is 0. The SMILES string of the molecule is CCOc1ccc(C(=O)[C@H](C)OC(=O)c2[nH]c(C)c(C(C)=O)c2C)cc1. The fraction of sp³-hybridized carbons (Fsp3) is 0.350. The molecule has 0 aliphatic carbocycles. The number of benzene rings is 1. The van der Waals surface area contributed by atoms with Crippen LogP contribution in [0.3, 0.4) is 0 Å². The fourth-order valence-corrected chi connectivity index (χ4v) is 2.87. The Morgan fingerprint density at radius 1 is 1.12 bits per heavy atom. The molecule has 2 rings (SSSR count). The van der Waals surface area contributed by atoms with Crippen molar-refractivity contribution in [1.29, 1.82) is 0 Å². The number of Topliss-reactive ketones (excluding diaryl/α,β-unsaturated/α-hetero) is 2. The lowest BCUT2D eigenvalue weighted by atomic mass is 10.1. The van der Waals surface area contributed by atoms with E-state index in [2.05, 4.69) is 4.98 Å². The second kappa shape index (κ2) is 7.99. The van der Waals surface area contributed by atoms with Gasteiger partial charge in [-0.05, 0) is 64.4 Å². The summed E-state index contributed by atoms with van der Waals surface area (Å²) < 4.78 is 10.6. The van der Waals surface area contributed by atoms with Gasteiger partial charge in [-0.3, -0.25) is 9.59 Å². The Hall–Kier alpha value is -2.89. The summed E-state index contributed by atoms with van der Waals surface area (Å²) in [6, 6.07) is 6.66. The van der Waals surface area contributed by atoms with Crippen LogP contribution in [0.2, 0.25) is 0 Å². The van der Waals surface area contributed by atoms with Crippen LogP contribution in [0.4, 0.5) is 0 Å². The molecule has 1 N–H and O–H groups in total. The van der Waals surface area contributed by atoms with Crippen molar-refractivity contribution >= 4 is 17.5 Å². The van der Waals surface area contributed by atoms with Gasteiger partial charge in [-0.1, -0.05) is 0 Å². The molecule has 0 unspecified atom stereocenters. The molecule has 2 aromatic rings. The molecule has 0 aliphatic heterocycles. The number of rotatable bonds is 7. The minimum absolute atomic E-state index is 0.131. The monoisotopic (exact) mass is 357 g/mol. The molecule has 1 heterocycles. The number of esters is 1. The predicted octanol–water partition coefficient (Wildman–Crippen LogP) is 3.66. The van der Waals surface area contributed by atoms with E-state index >= 15 is 0 Å². The van der Waals surface area contributed by atoms with Crippen LogP contribution >= 0.6 is 0 Å². The Morgan fingerprint density at radius 3 is 2.23 bits per heavy atom. The van der Waals surface area contributed by atoms with Crippen molar-refractivity contribution in [2.45, 2.75) is 40.7 Å². The predicted molar refractivity (Wildman–Crippen MR) is 97.1 cm³/mol. The zero-order valence-corrected chi connectivity index (χ0v) is 15.6. The van der Waals surface area contributed by atoms with Gasteiger partial charge in [-0.2, -0.15) is 0 Å². The van der Waals surface area contributed by atoms with Crippen LogP contribution in [0.25, 0.3) is 0 Å². The summed E-state index contributed by atoms with van der Waals surface area (Å²) in [7, 11) is 0. The van der Waals surface area contributed by atoms with E-state index in [1.54, 1.807) is 38.1 Å². The molecule has 1 aromatic carbocycles. The van der Waals surface area contributed by atoms with Crippen LogP contribution in [0.5, 0.6) is 5.75 Å². The standard InChI is InChI=1S/C20H23NO5/c1-6-25-16-9-7-15(8-10-16)19(23)14(5)26-20(24)18-11(2)17(13(4)22)12(3)21-18/h7-10,14,21H,6H2,1-5H3/t14-/m0/s1. The van der Waals surface area contributed by atoms with E-state index in [4.69, 9.17) is 9.47 Å². The Labute approximate surface area is 152 Å². The van der Waals surface area contributed by atoms with Gasteiger partial charge in [0.1, 0.15) is 11.4 Å². The van der Waals surface area contributed by atoms with Gasteiger partial charge in [0.05, 0.1) is 6.61 Å². The number of aromatic nitrogens is 1. The lowest BCUT2D eigenvalue weighted by molar-refractivity contribution is 0.0313. The third-order valence-electron chi connectivity index (χ3n) is 4.10. The number of ketones is 2. The summed E-state index contributed by atoms with van der Waals surface area (Å²) in [6.07, 6.45) is -0.954. The van der Waals surface area contributed by atoms with E-state index in [9.17, 15) is 14.4 Å². The zero-order valence-electron chi connectivity index (χ0n) is 15.6. The third-order valence-corrected chi connectivity index (χ3v) is 4.10. The van der Waals surface area contributed by atoms with Crippen molar-refractivity contribution in [3.05, 3.63) is 52.3 Å². The Morgan fingerprint density at radius 2 is 1.73 bits per heavy atom. The van der Waals surface area contributed by atoms with E-state index in [1.807, 2.05) is 6.92 Å². The number of ether oxygens (including phenoxy) is 2. The van der Waals surface area contributed by atoms with Gasteiger partial charge in [-0.25, -0.2) is 4.79 Å². The quantitative estimate of drug-likeness (QED) is 0.604. The number of H-pyrrole nitrogens is 1. The average molecular weight is 357 g/mol. The highest BCUT2D eigenvalue weighted by Crippen LogP contribution is 2.20. The molecule has 138 valence electrons. The summed E-state index contributed by atoms with van der Waals surface area (Å²) in [5.74, 6) is -0.434. The number of nitrogens with one attached hydrogen (secondary N) is 1. The van der Waals surface area contributed by atoms with E-state index < -0.39 is 12.1 Å². The van der Waals surface area contributed by atoms with Gasteiger partial charge >= 0.3 is 5.97 Å². The number of hydrogen-bond donors (Lipinski definition) is 1. The summed E-state index contributed by atoms with van der Waals surface area (Å²) >= 11 is 0. The number of aromatic amines is 1. The Bertz CT molecular complexity index is 833. The molecule has 0 radical (unpaired) electrons. The van der Waals surface area contributed by atoms with E-state index in [0.717, 1.165) is 0 Å². The molecular weight excluding hydrogens is 334 g/mol. The van der Waals surface area contributed by atoms with Gasteiger partial charge in [0.15, 0.2) is 11.9 Å². The van der Waals surface area contributed by atoms with E-state index in [-0.39, 0.29) is 17.3 Å². The lowest BCUT2D eigenvalue weighted by Gasteiger charge is -2.12. The van der Waals surface area contributed by atoms with Crippen molar-refractivity contribution < 1.29 is 23.9 Å². The van der Waals surface area contributed by atoms with E-state index in [0.29, 0.717) is 34.7 Å². The van der Waals surface area contributed by atoms with Gasteiger partial charge in [0.2, 0.25) is 5.78 Å². The number of carbonyl (C=O) groups is 3. The highest BCUT2D eigenvalue weighted by molar-refractivity contribution is 6.03. The van der Waals surface area contributed by atoms with Crippen LogP contribution in [0, 0.1) is 13.8 Å². The maximum atomic E-state index is 12.5. The summed E-state index contributed by atoms with van der Waals surface area (Å²) in [5.41, 5.74) is 2.23. The molecule has 0 spiro atoms. The van der Waals surface area contributed by atoms with Gasteiger partial charge in [0, 0.05) is 16.8 Å². The number of carbonyl (C=O) groups excluding carboxylic acids is 3. The molecule has 0 aliphatic rings. The average Bonchev–Trinajstić information content (AvgIpc) is 2.89. The normalized spacial score (nSPS) is 11.7. The van der Waals surface area contributed by atoms with E-state index in [1.165, 1.54) is 13.8 Å². The molecule has 0 saturated carbocycles. The molecule has 0 saturated heterocycles. The first-order chi connectivity index (χ1) is 12.3. The highest BCUT2D eigenvalue weighted by atomic mass is 16.5. The molecule has 0 amide bonds. The van der Waals surface area contributed by atoms with Crippen molar-refractivity contribution in [2.24, 2.45) is 0 Å². The molecule has 6 nitrogen and oxygen atoms in total. The number of hydrogen-bond acceptors (Lipinski definition) is 5. The maximum absolute atomic E-state index is 12.5. The third kappa shape index (κ3) is 4.02. The fourth-order valence-electron chi connectivity index (χ4n) is 2.87. The minimum Gasteiger partial charge on any atom is -0.494 e. The molecule has 6 heteroatoms. The minimum atomic E-state index is -0.954. The second-order valence-electron chi connectivity index (χ2n) is 6.05. The summed E-state index contributed by atoms with van der Waals surface area (Å²) in [4.78, 5) is 39.4. The van der Waals surface area contributed by atoms with Crippen LogP contribution in [-0.4, -0.2) is 35.2 Å². The zero-order chi connectivity index (χ0) is 19.4. The molecule has 26 heavy (non-hydrogen) atoms. The summed E-state index contributed by atoms with van der Waals surface area (Å²) in [6.45, 7) is 8.77. The topological polar surface area (TPSA) is 85.5 Å². The first-order valence-corrected chi connectivity index (χ1v) is 8.44. The van der Waals surface area contributed by atoms with Crippen LogP contribution in [-0.2, 0) is 4.74 Å². The Kier molecular flexibility index (Phi) is 5.97. The number of aryl methyl sites for hydroxylation is 1. The largest absolute Gasteiger partial charge is 0.494 e. The second-order valence-corrected chi connectivity index (χ2v) is 6.05. The highest BCUT2D eigenvalue weighted by Gasteiger charge is 2.25. The van der Waals surface area contributed by atoms with Gasteiger partial charge in [0.25, 0.3) is 0 Å². The van der Waals surface area contributed by atoms with Crippen molar-refractivity contribution in [1.82, 2.24) is 4.98 Å². The molecule has 0 bridgehead atoms. The van der Waals surface area contributed by atoms with Crippen LogP contribution in [0.1, 0.15) is 63.2 Å². The van der Waals surface area contributed by atoms with Gasteiger partial charge < -0.3 is 14.5 Å². The molecule has 1 atom stereocenters.